The van der Waals surface area contributed by atoms with Gasteiger partial charge in [0.15, 0.2) is 0 Å². The number of hydrogen-bond acceptors (Lipinski definition) is 2. The number of hydrogen-bond donors (Lipinski definition) is 2. The van der Waals surface area contributed by atoms with Gasteiger partial charge in [-0.2, -0.15) is 13.2 Å². The lowest BCUT2D eigenvalue weighted by molar-refractivity contribution is -0.137. The van der Waals surface area contributed by atoms with Gasteiger partial charge in [0.1, 0.15) is 5.75 Å². The first kappa shape index (κ1) is 14.7. The van der Waals surface area contributed by atoms with Crippen LogP contribution in [0.1, 0.15) is 11.1 Å². The Labute approximate surface area is 122 Å². The molecule has 0 spiro atoms. The minimum absolute atomic E-state index is 0.120. The maximum absolute atomic E-state index is 12.7. The fourth-order valence-corrected chi connectivity index (χ4v) is 2.22. The Hall–Kier alpha value is -1.69. The van der Waals surface area contributed by atoms with E-state index in [9.17, 15) is 18.3 Å². The molecule has 0 aromatic heterocycles. The molecule has 0 amide bonds. The molecule has 0 fully saturated rings. The van der Waals surface area contributed by atoms with Crippen molar-refractivity contribution < 1.29 is 18.3 Å². The van der Waals surface area contributed by atoms with Crippen LogP contribution in [-0.4, -0.2) is 5.11 Å². The molecule has 106 valence electrons. The molecule has 0 atom stereocenters. The van der Waals surface area contributed by atoms with Gasteiger partial charge in [0.05, 0.1) is 5.56 Å². The van der Waals surface area contributed by atoms with Crippen molar-refractivity contribution in [2.24, 2.45) is 0 Å². The second-order valence-electron chi connectivity index (χ2n) is 4.25. The summed E-state index contributed by atoms with van der Waals surface area (Å²) >= 11 is 3.06. The van der Waals surface area contributed by atoms with E-state index in [1.807, 2.05) is 0 Å². The van der Waals surface area contributed by atoms with Crippen molar-refractivity contribution in [2.75, 3.05) is 5.32 Å². The third-order valence-corrected chi connectivity index (χ3v) is 3.09. The summed E-state index contributed by atoms with van der Waals surface area (Å²) in [6.07, 6.45) is -4.38. The second-order valence-corrected chi connectivity index (χ2v) is 5.17. The molecule has 0 unspecified atom stereocenters. The summed E-state index contributed by atoms with van der Waals surface area (Å²) in [5.41, 5.74) is 0.416. The SMILES string of the molecule is Oc1cccc(CNc2cc(Br)cc(C(F)(F)F)c2)c1. The van der Waals surface area contributed by atoms with Crippen molar-refractivity contribution >= 4 is 21.6 Å². The molecule has 0 radical (unpaired) electrons. The van der Waals surface area contributed by atoms with Crippen LogP contribution in [-0.2, 0) is 12.7 Å². The van der Waals surface area contributed by atoms with Gasteiger partial charge in [-0.1, -0.05) is 28.1 Å². The molecular weight excluding hydrogens is 335 g/mol. The Bertz CT molecular complexity index is 614. The number of alkyl halides is 3. The summed E-state index contributed by atoms with van der Waals surface area (Å²) in [5.74, 6) is 0.120. The monoisotopic (exact) mass is 345 g/mol. The van der Waals surface area contributed by atoms with Gasteiger partial charge < -0.3 is 10.4 Å². The van der Waals surface area contributed by atoms with Crippen molar-refractivity contribution in [1.82, 2.24) is 0 Å². The zero-order valence-electron chi connectivity index (χ0n) is 10.2. The number of halogens is 4. The van der Waals surface area contributed by atoms with Gasteiger partial charge in [-0.3, -0.25) is 0 Å². The van der Waals surface area contributed by atoms with Crippen LogP contribution in [0.4, 0.5) is 18.9 Å². The Morgan fingerprint density at radius 3 is 2.50 bits per heavy atom. The minimum atomic E-state index is -4.38. The molecule has 0 saturated carbocycles. The highest BCUT2D eigenvalue weighted by atomic mass is 79.9. The lowest BCUT2D eigenvalue weighted by Crippen LogP contribution is -2.07. The second kappa shape index (κ2) is 5.75. The third-order valence-electron chi connectivity index (χ3n) is 2.63. The van der Waals surface area contributed by atoms with Crippen LogP contribution in [0.25, 0.3) is 0 Å². The smallest absolute Gasteiger partial charge is 0.416 e. The molecule has 0 saturated heterocycles. The highest BCUT2D eigenvalue weighted by Crippen LogP contribution is 2.33. The van der Waals surface area contributed by atoms with Gasteiger partial charge in [0.2, 0.25) is 0 Å². The van der Waals surface area contributed by atoms with Crippen LogP contribution in [0.3, 0.4) is 0 Å². The highest BCUT2D eigenvalue weighted by molar-refractivity contribution is 9.10. The standard InChI is InChI=1S/C14H11BrF3NO/c15-11-5-10(14(16,17)18)6-12(7-11)19-8-9-2-1-3-13(20)4-9/h1-7,19-20H,8H2. The fourth-order valence-electron chi connectivity index (χ4n) is 1.73. The summed E-state index contributed by atoms with van der Waals surface area (Å²) < 4.78 is 38.4. The number of aromatic hydroxyl groups is 1. The van der Waals surface area contributed by atoms with Crippen molar-refractivity contribution in [2.45, 2.75) is 12.7 Å². The molecule has 2 nitrogen and oxygen atoms in total. The fraction of sp³-hybridized carbons (Fsp3) is 0.143. The van der Waals surface area contributed by atoms with Crippen LogP contribution in [0.15, 0.2) is 46.9 Å². The third kappa shape index (κ3) is 3.90. The lowest BCUT2D eigenvalue weighted by atomic mass is 10.1. The van der Waals surface area contributed by atoms with Crippen LogP contribution in [0.2, 0.25) is 0 Å². The van der Waals surface area contributed by atoms with Crippen LogP contribution >= 0.6 is 15.9 Å². The van der Waals surface area contributed by atoms with Crippen LogP contribution in [0.5, 0.6) is 5.75 Å². The number of benzene rings is 2. The van der Waals surface area contributed by atoms with E-state index >= 15 is 0 Å². The number of nitrogens with one attached hydrogen (secondary N) is 1. The summed E-state index contributed by atoms with van der Waals surface area (Å²) in [5, 5.41) is 12.2. The van der Waals surface area contributed by atoms with Crippen molar-refractivity contribution in [3.8, 4) is 5.75 Å². The summed E-state index contributed by atoms with van der Waals surface area (Å²) in [6, 6.07) is 10.2. The molecule has 0 bridgehead atoms. The number of anilines is 1. The maximum atomic E-state index is 12.7. The normalized spacial score (nSPS) is 11.4. The predicted molar refractivity (Wildman–Crippen MR) is 74.6 cm³/mol. The Kier molecular flexibility index (Phi) is 4.23. The van der Waals surface area contributed by atoms with Gasteiger partial charge in [0.25, 0.3) is 0 Å². The topological polar surface area (TPSA) is 32.3 Å². The lowest BCUT2D eigenvalue weighted by Gasteiger charge is -2.12. The molecule has 2 aromatic carbocycles. The van der Waals surface area contributed by atoms with E-state index in [-0.39, 0.29) is 5.75 Å². The number of rotatable bonds is 3. The molecule has 2 N–H and O–H groups in total. The van der Waals surface area contributed by atoms with E-state index in [0.717, 1.165) is 17.7 Å². The first-order chi connectivity index (χ1) is 9.34. The van der Waals surface area contributed by atoms with E-state index in [2.05, 4.69) is 21.2 Å². The Morgan fingerprint density at radius 2 is 1.85 bits per heavy atom. The predicted octanol–water partition coefficient (Wildman–Crippen LogP) is 4.79. The zero-order valence-corrected chi connectivity index (χ0v) is 11.8. The summed E-state index contributed by atoms with van der Waals surface area (Å²) in [6.45, 7) is 0.322. The molecular formula is C14H11BrF3NO. The van der Waals surface area contributed by atoms with Gasteiger partial charge in [-0.25, -0.2) is 0 Å². The number of phenols is 1. The number of phenolic OH excluding ortho intramolecular Hbond substituents is 1. The van der Waals surface area contributed by atoms with E-state index in [1.165, 1.54) is 6.07 Å². The molecule has 20 heavy (non-hydrogen) atoms. The van der Waals surface area contributed by atoms with Crippen LogP contribution < -0.4 is 5.32 Å². The zero-order chi connectivity index (χ0) is 14.8. The summed E-state index contributed by atoms with van der Waals surface area (Å²) in [7, 11) is 0. The molecule has 6 heteroatoms. The van der Waals surface area contributed by atoms with Gasteiger partial charge >= 0.3 is 6.18 Å². The van der Waals surface area contributed by atoms with Gasteiger partial charge in [0, 0.05) is 16.7 Å². The first-order valence-corrected chi connectivity index (χ1v) is 6.53. The average molecular weight is 346 g/mol. The largest absolute Gasteiger partial charge is 0.508 e. The molecule has 0 heterocycles. The molecule has 0 aliphatic rings. The highest BCUT2D eigenvalue weighted by Gasteiger charge is 2.31. The van der Waals surface area contributed by atoms with Gasteiger partial charge in [-0.15, -0.1) is 0 Å². The van der Waals surface area contributed by atoms with Crippen molar-refractivity contribution in [3.05, 3.63) is 58.1 Å². The van der Waals surface area contributed by atoms with E-state index in [4.69, 9.17) is 0 Å². The first-order valence-electron chi connectivity index (χ1n) is 5.74. The Balaban J connectivity index is 2.16. The Morgan fingerprint density at radius 1 is 1.10 bits per heavy atom. The van der Waals surface area contributed by atoms with E-state index < -0.39 is 11.7 Å². The van der Waals surface area contributed by atoms with E-state index in [1.54, 1.807) is 24.3 Å². The maximum Gasteiger partial charge on any atom is 0.416 e. The van der Waals surface area contributed by atoms with E-state index in [0.29, 0.717) is 16.7 Å². The molecule has 2 rings (SSSR count). The van der Waals surface area contributed by atoms with Gasteiger partial charge in [-0.05, 0) is 35.9 Å². The molecule has 0 aliphatic carbocycles. The van der Waals surface area contributed by atoms with Crippen molar-refractivity contribution in [1.29, 1.82) is 0 Å². The molecule has 0 aliphatic heterocycles. The average Bonchev–Trinajstić information content (AvgIpc) is 2.35. The van der Waals surface area contributed by atoms with Crippen LogP contribution in [0, 0.1) is 0 Å². The summed E-state index contributed by atoms with van der Waals surface area (Å²) in [4.78, 5) is 0. The van der Waals surface area contributed by atoms with Crippen molar-refractivity contribution in [3.63, 3.8) is 0 Å². The molecule has 2 aromatic rings. The minimum Gasteiger partial charge on any atom is -0.508 e. The quantitative estimate of drug-likeness (QED) is 0.838.